The second kappa shape index (κ2) is 4.17. The molecule has 0 aliphatic heterocycles. The van der Waals surface area contributed by atoms with Crippen molar-refractivity contribution in [2.75, 3.05) is 0 Å². The number of carbonyl (C=O) groups is 1. The molecule has 0 aliphatic rings. The molecule has 0 fully saturated rings. The van der Waals surface area contributed by atoms with Crippen molar-refractivity contribution in [1.29, 1.82) is 0 Å². The normalized spacial score (nSPS) is 11.7. The maximum Gasteiger partial charge on any atom is 0.290 e. The van der Waals surface area contributed by atoms with Crippen LogP contribution in [0, 0.1) is 0 Å². The Bertz CT molecular complexity index is 572. The zero-order valence-corrected chi connectivity index (χ0v) is 9.30. The molecule has 18 heavy (non-hydrogen) atoms. The lowest BCUT2D eigenvalue weighted by atomic mass is 10.3. The zero-order chi connectivity index (χ0) is 13.3. The van der Waals surface area contributed by atoms with Crippen LogP contribution in [0.25, 0.3) is 0 Å². The van der Waals surface area contributed by atoms with Crippen LogP contribution < -0.4 is 5.73 Å². The number of nitrogens with zero attached hydrogens (tertiary/aromatic N) is 4. The predicted molar refractivity (Wildman–Crippen MR) is 53.7 cm³/mol. The molecule has 2 aromatic rings. The fraction of sp³-hybridized carbons (Fsp3) is 0.333. The van der Waals surface area contributed by atoms with Crippen molar-refractivity contribution in [3.05, 3.63) is 29.7 Å². The number of aromatic nitrogens is 4. The Morgan fingerprint density at radius 2 is 2.33 bits per heavy atom. The van der Waals surface area contributed by atoms with Crippen LogP contribution in [0.5, 0.6) is 0 Å². The van der Waals surface area contributed by atoms with E-state index < -0.39 is 17.5 Å². The van der Waals surface area contributed by atoms with E-state index in [9.17, 15) is 13.6 Å². The van der Waals surface area contributed by atoms with Gasteiger partial charge in [-0.15, -0.1) is 5.10 Å². The van der Waals surface area contributed by atoms with Gasteiger partial charge >= 0.3 is 0 Å². The van der Waals surface area contributed by atoms with Gasteiger partial charge in [0.05, 0.1) is 6.20 Å². The molecule has 0 spiro atoms. The van der Waals surface area contributed by atoms with E-state index in [1.54, 1.807) is 0 Å². The third-order valence-corrected chi connectivity index (χ3v) is 2.07. The predicted octanol–water partition coefficient (Wildman–Crippen LogP) is 0.525. The highest BCUT2D eigenvalue weighted by molar-refractivity contribution is 5.90. The van der Waals surface area contributed by atoms with E-state index >= 15 is 0 Å². The molecule has 2 aromatic heterocycles. The second-order valence-electron chi connectivity index (χ2n) is 3.64. The average molecular weight is 257 g/mol. The van der Waals surface area contributed by atoms with Crippen LogP contribution in [0.15, 0.2) is 16.9 Å². The maximum atomic E-state index is 12.9. The molecule has 2 N–H and O–H groups in total. The Balaban J connectivity index is 2.14. The zero-order valence-electron chi connectivity index (χ0n) is 9.30. The molecule has 0 saturated heterocycles. The number of amides is 1. The fourth-order valence-corrected chi connectivity index (χ4v) is 1.19. The average Bonchev–Trinajstić information content (AvgIpc) is 2.85. The topological polar surface area (TPSA) is 99.8 Å². The number of carbonyl (C=O) groups excluding carboxylic acids is 1. The van der Waals surface area contributed by atoms with Crippen LogP contribution in [0.3, 0.4) is 0 Å². The van der Waals surface area contributed by atoms with Crippen molar-refractivity contribution in [2.45, 2.75) is 19.4 Å². The number of primary amides is 1. The summed E-state index contributed by atoms with van der Waals surface area (Å²) in [6.45, 7) is 0.648. The smallest absolute Gasteiger partial charge is 0.290 e. The van der Waals surface area contributed by atoms with Gasteiger partial charge in [-0.1, -0.05) is 0 Å². The van der Waals surface area contributed by atoms with Crippen molar-refractivity contribution in [2.24, 2.45) is 5.73 Å². The van der Waals surface area contributed by atoms with Gasteiger partial charge in [-0.25, -0.2) is 4.98 Å². The molecule has 2 rings (SSSR count). The van der Waals surface area contributed by atoms with Gasteiger partial charge in [-0.2, -0.15) is 18.7 Å². The summed E-state index contributed by atoms with van der Waals surface area (Å²) in [5.74, 6) is -3.79. The minimum Gasteiger partial charge on any atom is -0.446 e. The molecule has 0 bridgehead atoms. The minimum atomic E-state index is -3.07. The van der Waals surface area contributed by atoms with Crippen LogP contribution in [0.4, 0.5) is 8.78 Å². The van der Waals surface area contributed by atoms with Crippen molar-refractivity contribution < 1.29 is 18.0 Å². The van der Waals surface area contributed by atoms with Gasteiger partial charge in [0.25, 0.3) is 11.8 Å². The molecular formula is C9H9F2N5O2. The highest BCUT2D eigenvalue weighted by Crippen LogP contribution is 2.25. The molecule has 96 valence electrons. The Kier molecular flexibility index (Phi) is 2.81. The van der Waals surface area contributed by atoms with E-state index in [0.717, 1.165) is 11.1 Å². The van der Waals surface area contributed by atoms with Gasteiger partial charge in [0.1, 0.15) is 18.5 Å². The van der Waals surface area contributed by atoms with Gasteiger partial charge in [0.2, 0.25) is 5.89 Å². The summed E-state index contributed by atoms with van der Waals surface area (Å²) in [7, 11) is 0. The Morgan fingerprint density at radius 1 is 1.61 bits per heavy atom. The molecular weight excluding hydrogens is 248 g/mol. The lowest BCUT2D eigenvalue weighted by Crippen LogP contribution is -2.13. The number of halogens is 2. The Morgan fingerprint density at radius 3 is 2.83 bits per heavy atom. The van der Waals surface area contributed by atoms with E-state index in [1.165, 1.54) is 6.20 Å². The number of alkyl halides is 2. The first-order valence-electron chi connectivity index (χ1n) is 4.89. The molecule has 2 heterocycles. The number of oxazole rings is 1. The first-order chi connectivity index (χ1) is 8.36. The van der Waals surface area contributed by atoms with Crippen LogP contribution in [-0.2, 0) is 12.5 Å². The Labute approximate surface area is 99.6 Å². The van der Waals surface area contributed by atoms with Crippen LogP contribution >= 0.6 is 0 Å². The lowest BCUT2D eigenvalue weighted by Gasteiger charge is -2.03. The van der Waals surface area contributed by atoms with Crippen molar-refractivity contribution in [3.8, 4) is 0 Å². The Hall–Kier alpha value is -2.32. The van der Waals surface area contributed by atoms with E-state index in [4.69, 9.17) is 10.2 Å². The third-order valence-electron chi connectivity index (χ3n) is 2.07. The van der Waals surface area contributed by atoms with E-state index in [2.05, 4.69) is 15.2 Å². The summed E-state index contributed by atoms with van der Waals surface area (Å²) < 4.78 is 30.6. The highest BCUT2D eigenvalue weighted by Gasteiger charge is 2.28. The van der Waals surface area contributed by atoms with E-state index in [1.807, 2.05) is 0 Å². The van der Waals surface area contributed by atoms with Crippen LogP contribution in [-0.4, -0.2) is 25.9 Å². The van der Waals surface area contributed by atoms with Gasteiger partial charge in [-0.3, -0.25) is 4.79 Å². The van der Waals surface area contributed by atoms with Gasteiger partial charge in [-0.05, 0) is 0 Å². The van der Waals surface area contributed by atoms with E-state index in [-0.39, 0.29) is 18.1 Å². The molecule has 0 saturated carbocycles. The summed E-state index contributed by atoms with van der Waals surface area (Å²) in [5, 5.41) is 7.44. The van der Waals surface area contributed by atoms with Crippen LogP contribution in [0.1, 0.15) is 29.0 Å². The highest BCUT2D eigenvalue weighted by atomic mass is 19.3. The maximum absolute atomic E-state index is 12.9. The molecule has 0 radical (unpaired) electrons. The molecule has 9 heteroatoms. The second-order valence-corrected chi connectivity index (χ2v) is 3.64. The quantitative estimate of drug-likeness (QED) is 0.860. The molecule has 0 unspecified atom stereocenters. The summed E-state index contributed by atoms with van der Waals surface area (Å²) >= 11 is 0. The lowest BCUT2D eigenvalue weighted by molar-refractivity contribution is 0.0126. The van der Waals surface area contributed by atoms with Crippen molar-refractivity contribution >= 4 is 5.91 Å². The fourth-order valence-electron chi connectivity index (χ4n) is 1.19. The monoisotopic (exact) mass is 257 g/mol. The minimum absolute atomic E-state index is 0.0122. The summed E-state index contributed by atoms with van der Waals surface area (Å²) in [5.41, 5.74) is 4.49. The van der Waals surface area contributed by atoms with Gasteiger partial charge < -0.3 is 10.2 Å². The third kappa shape index (κ3) is 2.50. The van der Waals surface area contributed by atoms with Gasteiger partial charge in [0.15, 0.2) is 5.69 Å². The molecule has 0 aromatic carbocycles. The summed E-state index contributed by atoms with van der Waals surface area (Å²) in [6.07, 6.45) is 2.04. The number of hydrogen-bond acceptors (Lipinski definition) is 5. The SMILES string of the molecule is CC(F)(F)c1coc(Cn2ncc(C(N)=O)n2)n1. The number of hydrogen-bond donors (Lipinski definition) is 1. The molecule has 0 aliphatic carbocycles. The summed E-state index contributed by atoms with van der Waals surface area (Å²) in [4.78, 5) is 15.4. The molecule has 7 nitrogen and oxygen atoms in total. The first kappa shape index (κ1) is 12.1. The van der Waals surface area contributed by atoms with Gasteiger partial charge in [0, 0.05) is 6.92 Å². The van der Waals surface area contributed by atoms with Crippen molar-refractivity contribution in [3.63, 3.8) is 0 Å². The first-order valence-corrected chi connectivity index (χ1v) is 4.89. The van der Waals surface area contributed by atoms with Crippen LogP contribution in [0.2, 0.25) is 0 Å². The number of rotatable bonds is 4. The number of nitrogens with two attached hydrogens (primary N) is 1. The van der Waals surface area contributed by atoms with E-state index in [0.29, 0.717) is 6.92 Å². The van der Waals surface area contributed by atoms with Crippen molar-refractivity contribution in [1.82, 2.24) is 20.0 Å². The molecule has 0 atom stereocenters. The summed E-state index contributed by atoms with van der Waals surface area (Å²) in [6, 6.07) is 0. The molecule has 1 amide bonds. The standard InChI is InChI=1S/C9H9F2N5O2/c1-9(10,11)6-4-18-7(14-6)3-16-13-2-5(15-16)8(12)17/h2,4H,3H2,1H3,(H2,12,17). The largest absolute Gasteiger partial charge is 0.446 e.